The normalized spacial score (nSPS) is 15.5. The zero-order valence-corrected chi connectivity index (χ0v) is 29.8. The number of halogens is 2. The van der Waals surface area contributed by atoms with Crippen LogP contribution < -0.4 is 14.2 Å². The van der Waals surface area contributed by atoms with Crippen LogP contribution in [0.2, 0.25) is 0 Å². The Morgan fingerprint density at radius 3 is 1.90 bits per heavy atom. The molecule has 10 nitrogen and oxygen atoms in total. The number of methoxy groups -OCH3 is 3. The summed E-state index contributed by atoms with van der Waals surface area (Å²) >= 11 is 1.46. The zero-order chi connectivity index (χ0) is 36.3. The largest absolute Gasteiger partial charge is 0.493 e. The van der Waals surface area contributed by atoms with Gasteiger partial charge in [-0.1, -0.05) is 42.5 Å². The van der Waals surface area contributed by atoms with Crippen molar-refractivity contribution in [3.63, 3.8) is 0 Å². The predicted octanol–water partition coefficient (Wildman–Crippen LogP) is 6.57. The number of piperazine rings is 1. The van der Waals surface area contributed by atoms with Crippen molar-refractivity contribution >= 4 is 29.1 Å². The van der Waals surface area contributed by atoms with E-state index in [0.717, 1.165) is 11.9 Å². The highest BCUT2D eigenvalue weighted by molar-refractivity contribution is 7.09. The van der Waals surface area contributed by atoms with Crippen LogP contribution in [-0.2, 0) is 5.92 Å². The molecule has 0 saturated carbocycles. The molecule has 4 aromatic rings. The number of piperidine rings is 1. The first-order valence-corrected chi connectivity index (χ1v) is 17.6. The molecule has 2 fully saturated rings. The summed E-state index contributed by atoms with van der Waals surface area (Å²) in [7, 11) is 4.50. The fourth-order valence-corrected chi connectivity index (χ4v) is 7.56. The molecule has 0 bridgehead atoms. The predicted molar refractivity (Wildman–Crippen MR) is 189 cm³/mol. The molecular formula is C38H40F2N4O6S. The molecule has 0 unspecified atom stereocenters. The average Bonchev–Trinajstić information content (AvgIpc) is 3.67. The van der Waals surface area contributed by atoms with Crippen molar-refractivity contribution in [2.45, 2.75) is 31.6 Å². The number of nitrogens with zero attached hydrogens (tertiary/aromatic N) is 4. The Morgan fingerprint density at radius 1 is 0.765 bits per heavy atom. The summed E-state index contributed by atoms with van der Waals surface area (Å²) in [5, 5.41) is 2.66. The van der Waals surface area contributed by atoms with Crippen molar-refractivity contribution in [2.24, 2.45) is 0 Å². The van der Waals surface area contributed by atoms with Gasteiger partial charge >= 0.3 is 0 Å². The van der Waals surface area contributed by atoms with Gasteiger partial charge in [0.2, 0.25) is 5.75 Å². The van der Waals surface area contributed by atoms with Gasteiger partial charge in [0.05, 0.1) is 26.3 Å². The van der Waals surface area contributed by atoms with Crippen LogP contribution in [0.15, 0.2) is 66.0 Å². The minimum Gasteiger partial charge on any atom is -0.493 e. The van der Waals surface area contributed by atoms with Gasteiger partial charge in [-0.3, -0.25) is 14.4 Å². The van der Waals surface area contributed by atoms with Gasteiger partial charge in [-0.25, -0.2) is 13.8 Å². The third kappa shape index (κ3) is 7.53. The Bertz CT molecular complexity index is 1870. The van der Waals surface area contributed by atoms with Crippen molar-refractivity contribution < 1.29 is 37.4 Å². The molecule has 0 N–H and O–H groups in total. The first-order chi connectivity index (χ1) is 24.5. The smallest absolute Gasteiger partial charge is 0.273 e. The SMILES string of the molecule is COc1cc(C(=O)N2CCN(C(=O)c3csc(C4CCN(C(=O)c5ccccc5-c5ccc(C(C)(F)F)cc5)CC4)n3)CC2)cc(OC)c1OC. The quantitative estimate of drug-likeness (QED) is 0.193. The van der Waals surface area contributed by atoms with Crippen molar-refractivity contribution in [2.75, 3.05) is 60.6 Å². The lowest BCUT2D eigenvalue weighted by Gasteiger charge is -2.34. The molecule has 0 atom stereocenters. The zero-order valence-electron chi connectivity index (χ0n) is 29.0. The van der Waals surface area contributed by atoms with E-state index in [1.54, 1.807) is 51.6 Å². The van der Waals surface area contributed by atoms with Crippen LogP contribution in [0, 0.1) is 0 Å². The van der Waals surface area contributed by atoms with Crippen LogP contribution in [0.4, 0.5) is 8.78 Å². The summed E-state index contributed by atoms with van der Waals surface area (Å²) in [6.07, 6.45) is 1.41. The molecule has 51 heavy (non-hydrogen) atoms. The van der Waals surface area contributed by atoms with Crippen LogP contribution in [0.25, 0.3) is 11.1 Å². The molecular weight excluding hydrogens is 679 g/mol. The maximum Gasteiger partial charge on any atom is 0.273 e. The number of carbonyl (C=O) groups is 3. The number of amides is 3. The second kappa shape index (κ2) is 15.1. The van der Waals surface area contributed by atoms with Crippen molar-refractivity contribution in [3.05, 3.63) is 93.4 Å². The fraction of sp³-hybridized carbons (Fsp3) is 0.368. The van der Waals surface area contributed by atoms with E-state index in [1.807, 2.05) is 17.0 Å². The fourth-order valence-electron chi connectivity index (χ4n) is 6.60. The van der Waals surface area contributed by atoms with Gasteiger partial charge in [-0.2, -0.15) is 0 Å². The monoisotopic (exact) mass is 718 g/mol. The number of ether oxygens (including phenoxy) is 3. The Balaban J connectivity index is 1.04. The molecule has 6 rings (SSSR count). The summed E-state index contributed by atoms with van der Waals surface area (Å²) < 4.78 is 43.7. The van der Waals surface area contributed by atoms with E-state index in [-0.39, 0.29) is 29.2 Å². The molecule has 2 saturated heterocycles. The lowest BCUT2D eigenvalue weighted by Crippen LogP contribution is -2.50. The lowest BCUT2D eigenvalue weighted by atomic mass is 9.94. The summed E-state index contributed by atoms with van der Waals surface area (Å²) in [6, 6.07) is 16.5. The molecule has 3 heterocycles. The molecule has 0 aliphatic carbocycles. The van der Waals surface area contributed by atoms with E-state index in [9.17, 15) is 23.2 Å². The molecule has 0 radical (unpaired) electrons. The molecule has 13 heteroatoms. The number of hydrogen-bond donors (Lipinski definition) is 0. The number of carbonyl (C=O) groups excluding carboxylic acids is 3. The summed E-state index contributed by atoms with van der Waals surface area (Å²) in [5.41, 5.74) is 2.64. The molecule has 3 amide bonds. The van der Waals surface area contributed by atoms with Gasteiger partial charge < -0.3 is 28.9 Å². The highest BCUT2D eigenvalue weighted by Crippen LogP contribution is 2.39. The number of likely N-dealkylation sites (tertiary alicyclic amines) is 1. The second-order valence-electron chi connectivity index (χ2n) is 12.6. The summed E-state index contributed by atoms with van der Waals surface area (Å²) in [4.78, 5) is 50.4. The molecule has 2 aliphatic rings. The number of hydrogen-bond acceptors (Lipinski definition) is 8. The minimum atomic E-state index is -2.94. The summed E-state index contributed by atoms with van der Waals surface area (Å²) in [5.74, 6) is -2.10. The van der Waals surface area contributed by atoms with E-state index in [2.05, 4.69) is 0 Å². The minimum absolute atomic E-state index is 0.0765. The van der Waals surface area contributed by atoms with E-state index < -0.39 is 5.92 Å². The summed E-state index contributed by atoms with van der Waals surface area (Å²) in [6.45, 7) is 3.41. The number of benzene rings is 3. The Morgan fingerprint density at radius 2 is 1.33 bits per heavy atom. The number of rotatable bonds is 9. The standard InChI is InChI=1S/C38H40F2N4O6S/c1-38(39,40)27-11-9-24(10-12-27)28-7-5-6-8-29(28)36(46)42-15-13-25(14-16-42)34-41-30(23-51-34)37(47)44-19-17-43(18-20-44)35(45)26-21-31(48-2)33(50-4)32(22-26)49-3/h5-12,21-23,25H,13-20H2,1-4H3. The molecule has 2 aliphatic heterocycles. The third-order valence-electron chi connectivity index (χ3n) is 9.50. The lowest BCUT2D eigenvalue weighted by molar-refractivity contribution is 0.0174. The van der Waals surface area contributed by atoms with Crippen molar-refractivity contribution in [1.29, 1.82) is 0 Å². The highest BCUT2D eigenvalue weighted by Gasteiger charge is 2.31. The number of alkyl halides is 2. The van der Waals surface area contributed by atoms with Crippen LogP contribution in [0.5, 0.6) is 17.2 Å². The second-order valence-corrected chi connectivity index (χ2v) is 13.5. The van der Waals surface area contributed by atoms with Gasteiger partial charge in [-0.05, 0) is 42.2 Å². The van der Waals surface area contributed by atoms with Gasteiger partial charge in [-0.15, -0.1) is 11.3 Å². The van der Waals surface area contributed by atoms with Gasteiger partial charge in [0.25, 0.3) is 23.6 Å². The van der Waals surface area contributed by atoms with E-state index in [4.69, 9.17) is 19.2 Å². The highest BCUT2D eigenvalue weighted by atomic mass is 32.1. The molecule has 0 spiro atoms. The number of aromatic nitrogens is 1. The Hall–Kier alpha value is -5.04. The van der Waals surface area contributed by atoms with Crippen LogP contribution >= 0.6 is 11.3 Å². The molecule has 1 aromatic heterocycles. The van der Waals surface area contributed by atoms with Gasteiger partial charge in [0, 0.05) is 74.2 Å². The van der Waals surface area contributed by atoms with E-state index in [0.29, 0.717) is 97.3 Å². The average molecular weight is 719 g/mol. The molecule has 3 aromatic carbocycles. The first-order valence-electron chi connectivity index (χ1n) is 16.7. The van der Waals surface area contributed by atoms with E-state index in [1.165, 1.54) is 44.8 Å². The Labute approximate surface area is 299 Å². The maximum atomic E-state index is 13.8. The van der Waals surface area contributed by atoms with Crippen LogP contribution in [0.3, 0.4) is 0 Å². The topological polar surface area (TPSA) is 102 Å². The maximum absolute atomic E-state index is 13.8. The van der Waals surface area contributed by atoms with Crippen LogP contribution in [0.1, 0.15) is 67.5 Å². The van der Waals surface area contributed by atoms with Crippen molar-refractivity contribution in [1.82, 2.24) is 19.7 Å². The van der Waals surface area contributed by atoms with Gasteiger partial charge in [0.15, 0.2) is 11.5 Å². The Kier molecular flexibility index (Phi) is 10.6. The van der Waals surface area contributed by atoms with Gasteiger partial charge in [0.1, 0.15) is 5.69 Å². The first kappa shape index (κ1) is 35.8. The molecule has 268 valence electrons. The van der Waals surface area contributed by atoms with Crippen LogP contribution in [-0.4, -0.2) is 98.0 Å². The third-order valence-corrected chi connectivity index (χ3v) is 10.5. The van der Waals surface area contributed by atoms with Crippen molar-refractivity contribution in [3.8, 4) is 28.4 Å². The van der Waals surface area contributed by atoms with E-state index >= 15 is 0 Å². The number of thiazole rings is 1.